The average molecular weight is 449 g/mol. The van der Waals surface area contributed by atoms with Crippen molar-refractivity contribution in [3.63, 3.8) is 0 Å². The van der Waals surface area contributed by atoms with Gasteiger partial charge in [-0.1, -0.05) is 35.5 Å². The third-order valence-corrected chi connectivity index (χ3v) is 6.06. The smallest absolute Gasteiger partial charge is 0.326 e. The van der Waals surface area contributed by atoms with Crippen molar-refractivity contribution in [2.24, 2.45) is 4.99 Å². The largest absolute Gasteiger partial charge is 0.416 e. The summed E-state index contributed by atoms with van der Waals surface area (Å²) >= 11 is 1.18. The highest BCUT2D eigenvalue weighted by Crippen LogP contribution is 2.34. The number of halogens is 3. The van der Waals surface area contributed by atoms with E-state index in [9.17, 15) is 22.8 Å². The summed E-state index contributed by atoms with van der Waals surface area (Å²) < 4.78 is 38.5. The van der Waals surface area contributed by atoms with Crippen molar-refractivity contribution in [3.05, 3.63) is 58.7 Å². The number of amides is 2. The van der Waals surface area contributed by atoms with Crippen molar-refractivity contribution < 1.29 is 22.8 Å². The van der Waals surface area contributed by atoms with E-state index in [4.69, 9.17) is 0 Å². The van der Waals surface area contributed by atoms with Crippen molar-refractivity contribution in [2.45, 2.75) is 38.6 Å². The Balaban J connectivity index is 1.72. The molecule has 2 aromatic rings. The molecule has 1 aliphatic heterocycles. The summed E-state index contributed by atoms with van der Waals surface area (Å²) in [5.41, 5.74) is 3.04. The predicted molar refractivity (Wildman–Crippen MR) is 117 cm³/mol. The zero-order valence-electron chi connectivity index (χ0n) is 17.5. The minimum Gasteiger partial charge on any atom is -0.326 e. The van der Waals surface area contributed by atoms with E-state index in [-0.39, 0.29) is 18.0 Å². The molecule has 2 aromatic carbocycles. The first kappa shape index (κ1) is 22.9. The second kappa shape index (κ2) is 8.74. The predicted octanol–water partition coefficient (Wildman–Crippen LogP) is 5.22. The molecule has 9 heteroatoms. The zero-order valence-corrected chi connectivity index (χ0v) is 18.3. The minimum atomic E-state index is -4.50. The van der Waals surface area contributed by atoms with Gasteiger partial charge in [-0.05, 0) is 50.1 Å². The molecule has 1 unspecified atom stereocenters. The van der Waals surface area contributed by atoms with E-state index in [2.05, 4.69) is 10.3 Å². The highest BCUT2D eigenvalue weighted by atomic mass is 32.2. The van der Waals surface area contributed by atoms with Crippen LogP contribution < -0.4 is 5.32 Å². The number of aryl methyl sites for hydroxylation is 3. The van der Waals surface area contributed by atoms with Crippen molar-refractivity contribution in [2.75, 3.05) is 12.4 Å². The molecule has 3 rings (SSSR count). The van der Waals surface area contributed by atoms with Gasteiger partial charge in [-0.2, -0.15) is 13.2 Å². The molecule has 2 amide bonds. The Morgan fingerprint density at radius 2 is 1.81 bits per heavy atom. The molecular formula is C22H22F3N3O2S. The van der Waals surface area contributed by atoms with Gasteiger partial charge < -0.3 is 5.32 Å². The van der Waals surface area contributed by atoms with Crippen LogP contribution in [0.5, 0.6) is 0 Å². The van der Waals surface area contributed by atoms with Gasteiger partial charge in [-0.15, -0.1) is 0 Å². The number of aliphatic imine (C=N–C) groups is 1. The number of benzene rings is 2. The van der Waals surface area contributed by atoms with Gasteiger partial charge in [0.2, 0.25) is 11.8 Å². The number of hydrogen-bond donors (Lipinski definition) is 1. The molecule has 0 spiro atoms. The second-order valence-corrected chi connectivity index (χ2v) is 8.65. The fraction of sp³-hybridized carbons (Fsp3) is 0.318. The Bertz CT molecular complexity index is 1040. The SMILES string of the molecule is Cc1cc(C)c(N=C2SC(CC(=O)Nc3cccc(C(F)(F)F)c3)C(=O)N2C)c(C)c1. The number of carbonyl (C=O) groups excluding carboxylic acids is 2. The van der Waals surface area contributed by atoms with Gasteiger partial charge in [0, 0.05) is 19.2 Å². The second-order valence-electron chi connectivity index (χ2n) is 7.48. The van der Waals surface area contributed by atoms with E-state index in [0.717, 1.165) is 34.5 Å². The van der Waals surface area contributed by atoms with Crippen LogP contribution in [0, 0.1) is 20.8 Å². The quantitative estimate of drug-likeness (QED) is 0.696. The van der Waals surface area contributed by atoms with Gasteiger partial charge in [-0.3, -0.25) is 14.5 Å². The van der Waals surface area contributed by atoms with Crippen LogP contribution in [0.3, 0.4) is 0 Å². The fourth-order valence-corrected chi connectivity index (χ4v) is 4.54. The molecule has 1 heterocycles. The molecular weight excluding hydrogens is 427 g/mol. The van der Waals surface area contributed by atoms with Crippen molar-refractivity contribution in [1.82, 2.24) is 4.90 Å². The number of thioether (sulfide) groups is 1. The molecule has 1 N–H and O–H groups in total. The first-order valence-electron chi connectivity index (χ1n) is 9.53. The monoisotopic (exact) mass is 449 g/mol. The molecule has 31 heavy (non-hydrogen) atoms. The summed E-state index contributed by atoms with van der Waals surface area (Å²) in [5.74, 6) is -0.812. The third kappa shape index (κ3) is 5.28. The highest BCUT2D eigenvalue weighted by molar-refractivity contribution is 8.15. The van der Waals surface area contributed by atoms with E-state index in [0.29, 0.717) is 5.17 Å². The van der Waals surface area contributed by atoms with Crippen LogP contribution in [-0.4, -0.2) is 34.2 Å². The number of nitrogens with zero attached hydrogens (tertiary/aromatic N) is 2. The Labute approximate surface area is 182 Å². The Morgan fingerprint density at radius 3 is 2.42 bits per heavy atom. The molecule has 0 aliphatic carbocycles. The van der Waals surface area contributed by atoms with Gasteiger partial charge in [-0.25, -0.2) is 4.99 Å². The lowest BCUT2D eigenvalue weighted by atomic mass is 10.1. The normalized spacial score (nSPS) is 18.0. The minimum absolute atomic E-state index is 0.0309. The van der Waals surface area contributed by atoms with E-state index < -0.39 is 22.9 Å². The fourth-order valence-electron chi connectivity index (χ4n) is 3.40. The number of hydrogen-bond acceptors (Lipinski definition) is 4. The van der Waals surface area contributed by atoms with Gasteiger partial charge in [0.15, 0.2) is 5.17 Å². The van der Waals surface area contributed by atoms with Crippen LogP contribution in [0.15, 0.2) is 41.4 Å². The maximum atomic E-state index is 12.8. The van der Waals surface area contributed by atoms with Gasteiger partial charge in [0.05, 0.1) is 11.3 Å². The number of rotatable bonds is 4. The zero-order chi connectivity index (χ0) is 22.9. The van der Waals surface area contributed by atoms with Crippen LogP contribution in [0.4, 0.5) is 24.5 Å². The number of anilines is 1. The number of nitrogens with one attached hydrogen (secondary N) is 1. The molecule has 5 nitrogen and oxygen atoms in total. The van der Waals surface area contributed by atoms with E-state index >= 15 is 0 Å². The molecule has 1 aliphatic rings. The Morgan fingerprint density at radius 1 is 1.16 bits per heavy atom. The molecule has 1 fully saturated rings. The third-order valence-electron chi connectivity index (χ3n) is 4.83. The maximum absolute atomic E-state index is 12.8. The average Bonchev–Trinajstić information content (AvgIpc) is 2.92. The van der Waals surface area contributed by atoms with Crippen molar-refractivity contribution >= 4 is 40.1 Å². The standard InChI is InChI=1S/C22H22F3N3O2S/c1-12-8-13(2)19(14(3)9-12)27-21-28(4)20(30)17(31-21)11-18(29)26-16-7-5-6-15(10-16)22(23,24)25/h5-10,17H,11H2,1-4H3,(H,26,29). The maximum Gasteiger partial charge on any atom is 0.416 e. The summed E-state index contributed by atoms with van der Waals surface area (Å²) in [6.45, 7) is 5.89. The van der Waals surface area contributed by atoms with Crippen LogP contribution in [0.1, 0.15) is 28.7 Å². The van der Waals surface area contributed by atoms with Gasteiger partial charge in [0.25, 0.3) is 0 Å². The Kier molecular flexibility index (Phi) is 6.45. The summed E-state index contributed by atoms with van der Waals surface area (Å²) in [6.07, 6.45) is -4.67. The first-order chi connectivity index (χ1) is 14.5. The molecule has 0 aromatic heterocycles. The highest BCUT2D eigenvalue weighted by Gasteiger charge is 2.37. The summed E-state index contributed by atoms with van der Waals surface area (Å²) in [6, 6.07) is 8.40. The first-order valence-corrected chi connectivity index (χ1v) is 10.4. The molecule has 0 radical (unpaired) electrons. The van der Waals surface area contributed by atoms with Crippen LogP contribution in [0.2, 0.25) is 0 Å². The van der Waals surface area contributed by atoms with Crippen molar-refractivity contribution in [1.29, 1.82) is 0 Å². The van der Waals surface area contributed by atoms with Gasteiger partial charge in [0.1, 0.15) is 5.25 Å². The van der Waals surface area contributed by atoms with E-state index in [1.807, 2.05) is 32.9 Å². The van der Waals surface area contributed by atoms with Gasteiger partial charge >= 0.3 is 6.18 Å². The van der Waals surface area contributed by atoms with Crippen LogP contribution in [-0.2, 0) is 15.8 Å². The molecule has 1 atom stereocenters. The van der Waals surface area contributed by atoms with Crippen molar-refractivity contribution in [3.8, 4) is 0 Å². The van der Waals surface area contributed by atoms with E-state index in [1.54, 1.807) is 7.05 Å². The molecule has 0 saturated carbocycles. The Hall–Kier alpha value is -2.81. The number of amidine groups is 1. The van der Waals surface area contributed by atoms with Crippen LogP contribution >= 0.6 is 11.8 Å². The number of alkyl halides is 3. The van der Waals surface area contributed by atoms with E-state index in [1.165, 1.54) is 28.8 Å². The summed E-state index contributed by atoms with van der Waals surface area (Å²) in [7, 11) is 1.59. The lowest BCUT2D eigenvalue weighted by molar-refractivity contribution is -0.137. The summed E-state index contributed by atoms with van der Waals surface area (Å²) in [5, 5.41) is 2.23. The molecule has 0 bridgehead atoms. The summed E-state index contributed by atoms with van der Waals surface area (Å²) in [4.78, 5) is 31.0. The topological polar surface area (TPSA) is 61.8 Å². The lowest BCUT2D eigenvalue weighted by Crippen LogP contribution is -2.30. The molecule has 164 valence electrons. The van der Waals surface area contributed by atoms with Crippen LogP contribution in [0.25, 0.3) is 0 Å². The molecule has 1 saturated heterocycles. The number of carbonyl (C=O) groups is 2. The lowest BCUT2D eigenvalue weighted by Gasteiger charge is -2.11.